The van der Waals surface area contributed by atoms with Crippen molar-refractivity contribution in [2.45, 2.75) is 19.4 Å². The van der Waals surface area contributed by atoms with Gasteiger partial charge in [-0.2, -0.15) is 0 Å². The fourth-order valence-corrected chi connectivity index (χ4v) is 3.44. The number of benzene rings is 2. The summed E-state index contributed by atoms with van der Waals surface area (Å²) in [6.07, 6.45) is 1.79. The lowest BCUT2D eigenvalue weighted by Crippen LogP contribution is -2.11. The molecule has 4 aromatic rings. The van der Waals surface area contributed by atoms with Crippen molar-refractivity contribution in [1.82, 2.24) is 9.97 Å². The molecule has 2 heterocycles. The van der Waals surface area contributed by atoms with E-state index in [2.05, 4.69) is 15.5 Å². The van der Waals surface area contributed by atoms with Crippen molar-refractivity contribution < 1.29 is 14.3 Å². The lowest BCUT2D eigenvalue weighted by atomic mass is 10.1. The highest BCUT2D eigenvalue weighted by molar-refractivity contribution is 7.09. The van der Waals surface area contributed by atoms with Gasteiger partial charge in [0.2, 0.25) is 5.89 Å². The molecular formula is C22H19N2O3S-. The second-order valence-corrected chi connectivity index (χ2v) is 7.30. The van der Waals surface area contributed by atoms with Crippen LogP contribution in [0.3, 0.4) is 0 Å². The number of aliphatic hydroxyl groups excluding tert-OH is 1. The molecule has 4 rings (SSSR count). The van der Waals surface area contributed by atoms with E-state index in [1.54, 1.807) is 6.92 Å². The number of aliphatic hydroxyl groups is 1. The third kappa shape index (κ3) is 4.30. The molecule has 0 bridgehead atoms. The molecule has 0 aliphatic rings. The number of nitrogens with zero attached hydrogens (tertiary/aromatic N) is 2. The zero-order chi connectivity index (χ0) is 19.3. The Morgan fingerprint density at radius 1 is 1.14 bits per heavy atom. The number of aromatic nitrogens is 2. The molecule has 0 spiro atoms. The van der Waals surface area contributed by atoms with Gasteiger partial charge in [0.15, 0.2) is 0 Å². The summed E-state index contributed by atoms with van der Waals surface area (Å²) in [4.78, 5) is 9.58. The summed E-state index contributed by atoms with van der Waals surface area (Å²) >= 11 is 1.52. The third-order valence-electron chi connectivity index (χ3n) is 4.32. The average Bonchev–Trinajstić information content (AvgIpc) is 3.37. The minimum Gasteiger partial charge on any atom is -0.490 e. The van der Waals surface area contributed by atoms with Gasteiger partial charge >= 0.3 is 0 Å². The van der Waals surface area contributed by atoms with E-state index in [-0.39, 0.29) is 6.61 Å². The summed E-state index contributed by atoms with van der Waals surface area (Å²) in [5, 5.41) is 10.5. The number of ether oxygens (including phenoxy) is 1. The largest absolute Gasteiger partial charge is 0.490 e. The standard InChI is InChI=1S/C22H19N2O3S/c1-15-21(24-22(27-15)17-5-3-2-4-6-17)20(25)13-26-18-9-7-16(8-10-18)11-19-12-23-14-28-19/h2-10,12,20,25H,11,13H2,1H3/q-1. The first-order chi connectivity index (χ1) is 13.7. The molecule has 5 nitrogen and oxygen atoms in total. The van der Waals surface area contributed by atoms with Gasteiger partial charge in [0.1, 0.15) is 29.9 Å². The Labute approximate surface area is 167 Å². The van der Waals surface area contributed by atoms with Gasteiger partial charge in [0.25, 0.3) is 0 Å². The molecule has 1 N–H and O–H groups in total. The van der Waals surface area contributed by atoms with Gasteiger partial charge in [-0.1, -0.05) is 35.9 Å². The lowest BCUT2D eigenvalue weighted by Gasteiger charge is -2.11. The Kier molecular flexibility index (Phi) is 5.50. The topological polar surface area (TPSA) is 68.4 Å². The van der Waals surface area contributed by atoms with E-state index in [0.29, 0.717) is 23.1 Å². The van der Waals surface area contributed by atoms with Crippen molar-refractivity contribution in [1.29, 1.82) is 0 Å². The van der Waals surface area contributed by atoms with Gasteiger partial charge in [-0.05, 0) is 43.1 Å². The van der Waals surface area contributed by atoms with Crippen LogP contribution in [0, 0.1) is 12.4 Å². The molecule has 0 radical (unpaired) electrons. The first-order valence-electron chi connectivity index (χ1n) is 8.92. The maximum absolute atomic E-state index is 10.5. The Morgan fingerprint density at radius 2 is 1.93 bits per heavy atom. The molecule has 0 aliphatic heterocycles. The van der Waals surface area contributed by atoms with E-state index < -0.39 is 6.10 Å². The van der Waals surface area contributed by atoms with Crippen LogP contribution in [0.5, 0.6) is 5.75 Å². The van der Waals surface area contributed by atoms with Crippen LogP contribution in [0.25, 0.3) is 11.5 Å². The number of aryl methyl sites for hydroxylation is 1. The molecule has 0 fully saturated rings. The van der Waals surface area contributed by atoms with Crippen molar-refractivity contribution in [3.63, 3.8) is 0 Å². The predicted octanol–water partition coefficient (Wildman–Crippen LogP) is 4.61. The summed E-state index contributed by atoms with van der Waals surface area (Å²) in [7, 11) is 0. The number of hydrogen-bond acceptors (Lipinski definition) is 6. The van der Waals surface area contributed by atoms with E-state index in [1.165, 1.54) is 21.8 Å². The van der Waals surface area contributed by atoms with Gasteiger partial charge in [-0.3, -0.25) is 11.3 Å². The minimum absolute atomic E-state index is 0.102. The van der Waals surface area contributed by atoms with Crippen molar-refractivity contribution >= 4 is 11.3 Å². The molecule has 0 saturated heterocycles. The molecule has 142 valence electrons. The van der Waals surface area contributed by atoms with Crippen LogP contribution in [0.2, 0.25) is 0 Å². The van der Waals surface area contributed by atoms with E-state index in [4.69, 9.17) is 9.15 Å². The van der Waals surface area contributed by atoms with E-state index in [0.717, 1.165) is 12.0 Å². The molecule has 0 saturated carbocycles. The molecule has 2 aromatic heterocycles. The summed E-state index contributed by atoms with van der Waals surface area (Å²) < 4.78 is 11.4. The third-order valence-corrected chi connectivity index (χ3v) is 5.03. The van der Waals surface area contributed by atoms with Crippen LogP contribution in [0.15, 0.2) is 65.2 Å². The molecule has 2 aromatic carbocycles. The summed E-state index contributed by atoms with van der Waals surface area (Å²) in [5.74, 6) is 1.78. The zero-order valence-electron chi connectivity index (χ0n) is 15.3. The van der Waals surface area contributed by atoms with Crippen LogP contribution in [0.4, 0.5) is 0 Å². The van der Waals surface area contributed by atoms with Crippen LogP contribution in [-0.2, 0) is 6.42 Å². The Bertz CT molecular complexity index is 1010. The second kappa shape index (κ2) is 8.37. The Morgan fingerprint density at radius 3 is 2.64 bits per heavy atom. The molecule has 1 atom stereocenters. The monoisotopic (exact) mass is 391 g/mol. The lowest BCUT2D eigenvalue weighted by molar-refractivity contribution is 0.104. The highest BCUT2D eigenvalue weighted by Gasteiger charge is 2.19. The summed E-state index contributed by atoms with van der Waals surface area (Å²) in [5.41, 5.74) is 5.39. The van der Waals surface area contributed by atoms with Gasteiger partial charge < -0.3 is 19.2 Å². The van der Waals surface area contributed by atoms with Crippen molar-refractivity contribution in [3.05, 3.63) is 88.2 Å². The van der Waals surface area contributed by atoms with Crippen molar-refractivity contribution in [2.24, 2.45) is 0 Å². The van der Waals surface area contributed by atoms with E-state index >= 15 is 0 Å². The highest BCUT2D eigenvalue weighted by atomic mass is 32.1. The van der Waals surface area contributed by atoms with Crippen LogP contribution in [0.1, 0.15) is 28.0 Å². The van der Waals surface area contributed by atoms with Gasteiger partial charge in [0, 0.05) is 5.56 Å². The van der Waals surface area contributed by atoms with Crippen LogP contribution >= 0.6 is 11.3 Å². The maximum atomic E-state index is 10.5. The molecular weight excluding hydrogens is 372 g/mol. The van der Waals surface area contributed by atoms with Crippen LogP contribution in [-0.4, -0.2) is 21.7 Å². The SMILES string of the molecule is Cc1oc(-c2ccccc2)nc1C(O)COc1ccc(Cc2cn[c-]s2)cc1. The number of thiazole rings is 1. The first kappa shape index (κ1) is 18.4. The van der Waals surface area contributed by atoms with Gasteiger partial charge in [0.05, 0.1) is 0 Å². The van der Waals surface area contributed by atoms with E-state index in [1.807, 2.05) is 60.8 Å². The van der Waals surface area contributed by atoms with Crippen molar-refractivity contribution in [3.8, 4) is 17.2 Å². The quantitative estimate of drug-likeness (QED) is 0.466. The normalized spacial score (nSPS) is 12.1. The van der Waals surface area contributed by atoms with E-state index in [9.17, 15) is 5.11 Å². The smallest absolute Gasteiger partial charge is 0.226 e. The molecule has 0 aliphatic carbocycles. The van der Waals surface area contributed by atoms with Crippen molar-refractivity contribution in [2.75, 3.05) is 6.61 Å². The molecule has 28 heavy (non-hydrogen) atoms. The highest BCUT2D eigenvalue weighted by Crippen LogP contribution is 2.26. The maximum Gasteiger partial charge on any atom is 0.226 e. The average molecular weight is 391 g/mol. The molecule has 0 amide bonds. The molecule has 6 heteroatoms. The second-order valence-electron chi connectivity index (χ2n) is 6.39. The van der Waals surface area contributed by atoms with Gasteiger partial charge in [-0.25, -0.2) is 4.98 Å². The Balaban J connectivity index is 1.38. The molecule has 1 unspecified atom stereocenters. The first-order valence-corrected chi connectivity index (χ1v) is 9.74. The van der Waals surface area contributed by atoms with Gasteiger partial charge in [-0.15, -0.1) is 11.1 Å². The Hall–Kier alpha value is -2.96. The number of hydrogen-bond donors (Lipinski definition) is 1. The number of oxazole rings is 1. The van der Waals surface area contributed by atoms with Crippen LogP contribution < -0.4 is 4.74 Å². The zero-order valence-corrected chi connectivity index (χ0v) is 16.1. The summed E-state index contributed by atoms with van der Waals surface area (Å²) in [6.45, 7) is 1.90. The summed E-state index contributed by atoms with van der Waals surface area (Å²) in [6, 6.07) is 17.4. The predicted molar refractivity (Wildman–Crippen MR) is 107 cm³/mol. The fraction of sp³-hybridized carbons (Fsp3) is 0.182. The minimum atomic E-state index is -0.867. The number of rotatable bonds is 7. The fourth-order valence-electron chi connectivity index (χ4n) is 2.87.